The minimum absolute atomic E-state index is 0.744. The summed E-state index contributed by atoms with van der Waals surface area (Å²) >= 11 is 3.35. The molecule has 0 heterocycles. The molecule has 2 heteroatoms. The topological polar surface area (TPSA) is 9.23 Å². The van der Waals surface area contributed by atoms with E-state index in [4.69, 9.17) is 4.74 Å². The molecule has 0 spiro atoms. The zero-order valence-corrected chi connectivity index (χ0v) is 9.22. The van der Waals surface area contributed by atoms with E-state index in [2.05, 4.69) is 35.0 Å². The molecule has 1 aliphatic rings. The second-order valence-electron chi connectivity index (χ2n) is 3.44. The monoisotopic (exact) mass is 232 g/mol. The van der Waals surface area contributed by atoms with Gasteiger partial charge in [-0.2, -0.15) is 0 Å². The first-order chi connectivity index (χ1) is 5.84. The van der Waals surface area contributed by atoms with Crippen molar-refractivity contribution >= 4 is 15.9 Å². The van der Waals surface area contributed by atoms with Crippen molar-refractivity contribution in [1.82, 2.24) is 0 Å². The Balaban J connectivity index is 2.17. The lowest BCUT2D eigenvalue weighted by molar-refractivity contribution is 0.0906. The molecule has 0 aromatic rings. The van der Waals surface area contributed by atoms with Gasteiger partial charge in [0.05, 0.1) is 6.61 Å². The molecular weight excluding hydrogens is 216 g/mol. The highest BCUT2D eigenvalue weighted by Crippen LogP contribution is 2.24. The van der Waals surface area contributed by atoms with Gasteiger partial charge in [0.1, 0.15) is 0 Å². The van der Waals surface area contributed by atoms with Crippen molar-refractivity contribution in [3.63, 3.8) is 0 Å². The van der Waals surface area contributed by atoms with Crippen LogP contribution in [0, 0.1) is 11.8 Å². The van der Waals surface area contributed by atoms with Crippen LogP contribution in [-0.4, -0.2) is 18.5 Å². The molecule has 0 aromatic carbocycles. The van der Waals surface area contributed by atoms with Gasteiger partial charge in [-0.1, -0.05) is 35.0 Å². The number of rotatable bonds is 4. The molecular formula is C10H17BrO. The van der Waals surface area contributed by atoms with Crippen molar-refractivity contribution in [2.24, 2.45) is 11.8 Å². The maximum Gasteiger partial charge on any atom is 0.0563 e. The zero-order chi connectivity index (χ0) is 8.81. The van der Waals surface area contributed by atoms with Crippen molar-refractivity contribution in [1.29, 1.82) is 0 Å². The number of hydrogen-bond donors (Lipinski definition) is 0. The minimum atomic E-state index is 0.744. The number of allylic oxidation sites excluding steroid dienone is 2. The lowest BCUT2D eigenvalue weighted by atomic mass is 9.85. The molecule has 0 aliphatic heterocycles. The Hall–Kier alpha value is 0.180. The molecule has 0 radical (unpaired) electrons. The predicted octanol–water partition coefficient (Wildman–Crippen LogP) is 3.00. The number of hydrogen-bond acceptors (Lipinski definition) is 1. The molecule has 2 unspecified atom stereocenters. The van der Waals surface area contributed by atoms with Crippen LogP contribution in [0.2, 0.25) is 0 Å². The van der Waals surface area contributed by atoms with E-state index in [1.807, 2.05) is 0 Å². The summed E-state index contributed by atoms with van der Waals surface area (Å²) in [6.07, 6.45) is 6.99. The molecule has 0 aromatic heterocycles. The van der Waals surface area contributed by atoms with Gasteiger partial charge in [-0.15, -0.1) is 0 Å². The van der Waals surface area contributed by atoms with E-state index in [1.165, 1.54) is 12.8 Å². The van der Waals surface area contributed by atoms with Crippen LogP contribution in [0.3, 0.4) is 0 Å². The lowest BCUT2D eigenvalue weighted by Crippen LogP contribution is -2.19. The summed E-state index contributed by atoms with van der Waals surface area (Å²) in [5.41, 5.74) is 0. The van der Waals surface area contributed by atoms with Crippen LogP contribution in [0.5, 0.6) is 0 Å². The van der Waals surface area contributed by atoms with Crippen LogP contribution in [-0.2, 0) is 4.74 Å². The Kier molecular flexibility index (Phi) is 4.93. The maximum atomic E-state index is 5.51. The molecule has 0 saturated carbocycles. The van der Waals surface area contributed by atoms with Crippen LogP contribution < -0.4 is 0 Å². The quantitative estimate of drug-likeness (QED) is 0.412. The Morgan fingerprint density at radius 2 is 2.17 bits per heavy atom. The van der Waals surface area contributed by atoms with Gasteiger partial charge in [0.25, 0.3) is 0 Å². The first-order valence-electron chi connectivity index (χ1n) is 4.63. The fraction of sp³-hybridized carbons (Fsp3) is 0.800. The molecule has 12 heavy (non-hydrogen) atoms. The molecule has 1 nitrogen and oxygen atoms in total. The summed E-state index contributed by atoms with van der Waals surface area (Å²) in [6.45, 7) is 4.08. The summed E-state index contributed by atoms with van der Waals surface area (Å²) in [7, 11) is 0. The van der Waals surface area contributed by atoms with E-state index < -0.39 is 0 Å². The van der Waals surface area contributed by atoms with E-state index in [0.29, 0.717) is 0 Å². The van der Waals surface area contributed by atoms with E-state index >= 15 is 0 Å². The highest BCUT2D eigenvalue weighted by atomic mass is 79.9. The van der Waals surface area contributed by atoms with Gasteiger partial charge in [0, 0.05) is 11.9 Å². The molecule has 0 saturated heterocycles. The van der Waals surface area contributed by atoms with E-state index in [-0.39, 0.29) is 0 Å². The normalized spacial score (nSPS) is 29.2. The van der Waals surface area contributed by atoms with Gasteiger partial charge in [-0.3, -0.25) is 0 Å². The largest absolute Gasteiger partial charge is 0.380 e. The van der Waals surface area contributed by atoms with Gasteiger partial charge in [0.15, 0.2) is 0 Å². The van der Waals surface area contributed by atoms with Gasteiger partial charge in [-0.05, 0) is 24.7 Å². The predicted molar refractivity (Wildman–Crippen MR) is 55.6 cm³/mol. The second kappa shape index (κ2) is 5.76. The summed E-state index contributed by atoms with van der Waals surface area (Å²) in [5, 5.41) is 0.948. The number of halogens is 1. The van der Waals surface area contributed by atoms with E-state index in [1.54, 1.807) is 0 Å². The molecule has 0 N–H and O–H groups in total. The molecule has 1 aliphatic carbocycles. The number of alkyl halides is 1. The van der Waals surface area contributed by atoms with Crippen molar-refractivity contribution < 1.29 is 4.74 Å². The number of ether oxygens (including phenoxy) is 1. The Morgan fingerprint density at radius 1 is 1.42 bits per heavy atom. The Bertz CT molecular complexity index is 145. The first-order valence-corrected chi connectivity index (χ1v) is 5.75. The third-order valence-corrected chi connectivity index (χ3v) is 2.80. The smallest absolute Gasteiger partial charge is 0.0563 e. The average Bonchev–Trinajstić information content (AvgIpc) is 2.09. The standard InChI is InChI=1S/C10H17BrO/c1-9-4-2-3-5-10(9)8-12-7-6-11/h2-3,9-10H,4-8H2,1H3. The van der Waals surface area contributed by atoms with Crippen molar-refractivity contribution in [2.45, 2.75) is 19.8 Å². The molecule has 0 amide bonds. The van der Waals surface area contributed by atoms with Crippen molar-refractivity contribution in [3.05, 3.63) is 12.2 Å². The third kappa shape index (κ3) is 3.28. The fourth-order valence-corrected chi connectivity index (χ4v) is 1.76. The Morgan fingerprint density at radius 3 is 2.83 bits per heavy atom. The average molecular weight is 233 g/mol. The van der Waals surface area contributed by atoms with Crippen molar-refractivity contribution in [2.75, 3.05) is 18.5 Å². The molecule has 1 rings (SSSR count). The Labute approximate surface area is 83.3 Å². The van der Waals surface area contributed by atoms with Gasteiger partial charge in [0.2, 0.25) is 0 Å². The van der Waals surface area contributed by atoms with Crippen LogP contribution in [0.1, 0.15) is 19.8 Å². The van der Waals surface area contributed by atoms with Crippen molar-refractivity contribution in [3.8, 4) is 0 Å². The second-order valence-corrected chi connectivity index (χ2v) is 4.24. The third-order valence-electron chi connectivity index (χ3n) is 2.47. The molecule has 70 valence electrons. The summed E-state index contributed by atoms with van der Waals surface area (Å²) in [4.78, 5) is 0. The van der Waals surface area contributed by atoms with Crippen LogP contribution in [0.25, 0.3) is 0 Å². The maximum absolute atomic E-state index is 5.51. The van der Waals surface area contributed by atoms with Gasteiger partial charge >= 0.3 is 0 Å². The van der Waals surface area contributed by atoms with E-state index in [0.717, 1.165) is 30.4 Å². The van der Waals surface area contributed by atoms with Crippen LogP contribution in [0.15, 0.2) is 12.2 Å². The first kappa shape index (κ1) is 10.3. The minimum Gasteiger partial charge on any atom is -0.380 e. The zero-order valence-electron chi connectivity index (χ0n) is 7.63. The SMILES string of the molecule is CC1CC=CCC1COCCBr. The van der Waals surface area contributed by atoms with Gasteiger partial charge in [-0.25, -0.2) is 0 Å². The highest BCUT2D eigenvalue weighted by molar-refractivity contribution is 9.09. The summed E-state index contributed by atoms with van der Waals surface area (Å²) < 4.78 is 5.51. The summed E-state index contributed by atoms with van der Waals surface area (Å²) in [6, 6.07) is 0. The van der Waals surface area contributed by atoms with Crippen LogP contribution >= 0.6 is 15.9 Å². The molecule has 2 atom stereocenters. The highest BCUT2D eigenvalue weighted by Gasteiger charge is 2.17. The lowest BCUT2D eigenvalue weighted by Gasteiger charge is -2.24. The van der Waals surface area contributed by atoms with E-state index in [9.17, 15) is 0 Å². The van der Waals surface area contributed by atoms with Gasteiger partial charge < -0.3 is 4.74 Å². The molecule has 0 fully saturated rings. The molecule has 0 bridgehead atoms. The fourth-order valence-electron chi connectivity index (χ4n) is 1.53. The van der Waals surface area contributed by atoms with Crippen LogP contribution in [0.4, 0.5) is 0 Å². The summed E-state index contributed by atoms with van der Waals surface area (Å²) in [5.74, 6) is 1.54.